The average Bonchev–Trinajstić information content (AvgIpc) is 2.97. The maximum atomic E-state index is 12.4. The molecule has 2 aliphatic heterocycles. The van der Waals surface area contributed by atoms with E-state index in [4.69, 9.17) is 21.1 Å². The zero-order valence-corrected chi connectivity index (χ0v) is 12.8. The fourth-order valence-electron chi connectivity index (χ4n) is 3.46. The van der Waals surface area contributed by atoms with Crippen LogP contribution in [0.1, 0.15) is 18.9 Å². The van der Waals surface area contributed by atoms with Crippen molar-refractivity contribution in [2.45, 2.75) is 19.8 Å². The Balaban J connectivity index is 1.50. The topological polar surface area (TPSA) is 38.8 Å². The van der Waals surface area contributed by atoms with Crippen LogP contribution in [0.3, 0.4) is 0 Å². The number of ether oxygens (including phenoxy) is 2. The monoisotopic (exact) mass is 307 g/mol. The molecule has 0 N–H and O–H groups in total. The van der Waals surface area contributed by atoms with E-state index >= 15 is 0 Å². The third-order valence-electron chi connectivity index (χ3n) is 4.94. The minimum atomic E-state index is 0.155. The number of fused-ring (bicyclic) bond motifs is 2. The van der Waals surface area contributed by atoms with E-state index < -0.39 is 0 Å². The fourth-order valence-corrected chi connectivity index (χ4v) is 3.68. The van der Waals surface area contributed by atoms with Crippen LogP contribution in [0.4, 0.5) is 0 Å². The lowest BCUT2D eigenvalue weighted by molar-refractivity contribution is -0.130. The normalized spacial score (nSPS) is 29.2. The number of halogens is 1. The van der Waals surface area contributed by atoms with Gasteiger partial charge in [0.1, 0.15) is 13.2 Å². The molecule has 1 aliphatic carbocycles. The van der Waals surface area contributed by atoms with Crippen molar-refractivity contribution in [2.75, 3.05) is 26.3 Å². The van der Waals surface area contributed by atoms with Crippen molar-refractivity contribution in [3.63, 3.8) is 0 Å². The highest BCUT2D eigenvalue weighted by Gasteiger charge is 2.57. The molecule has 4 rings (SSSR count). The summed E-state index contributed by atoms with van der Waals surface area (Å²) in [7, 11) is 0. The average molecular weight is 308 g/mol. The molecular formula is C16H18ClNO3. The van der Waals surface area contributed by atoms with E-state index in [0.717, 1.165) is 18.7 Å². The van der Waals surface area contributed by atoms with E-state index in [0.29, 0.717) is 47.5 Å². The van der Waals surface area contributed by atoms with Crippen molar-refractivity contribution >= 4 is 17.5 Å². The number of amides is 1. The van der Waals surface area contributed by atoms with Crippen molar-refractivity contribution in [1.29, 1.82) is 0 Å². The van der Waals surface area contributed by atoms with Crippen molar-refractivity contribution in [3.8, 4) is 11.5 Å². The predicted molar refractivity (Wildman–Crippen MR) is 78.9 cm³/mol. The molecule has 21 heavy (non-hydrogen) atoms. The van der Waals surface area contributed by atoms with Gasteiger partial charge >= 0.3 is 0 Å². The van der Waals surface area contributed by atoms with E-state index in [2.05, 4.69) is 6.92 Å². The molecule has 1 saturated heterocycles. The minimum absolute atomic E-state index is 0.155. The molecule has 2 atom stereocenters. The van der Waals surface area contributed by atoms with Gasteiger partial charge < -0.3 is 14.4 Å². The first-order chi connectivity index (χ1) is 10.0. The van der Waals surface area contributed by atoms with Gasteiger partial charge in [-0.1, -0.05) is 18.5 Å². The lowest BCUT2D eigenvalue weighted by atomic mass is 10.1. The molecule has 0 radical (unpaired) electrons. The van der Waals surface area contributed by atoms with Crippen molar-refractivity contribution < 1.29 is 14.3 Å². The highest BCUT2D eigenvalue weighted by Crippen LogP contribution is 2.57. The van der Waals surface area contributed by atoms with Gasteiger partial charge in [0.15, 0.2) is 11.5 Å². The number of carbonyl (C=O) groups excluding carboxylic acids is 1. The summed E-state index contributed by atoms with van der Waals surface area (Å²) >= 11 is 6.27. The minimum Gasteiger partial charge on any atom is -0.486 e. The largest absolute Gasteiger partial charge is 0.486 e. The van der Waals surface area contributed by atoms with Crippen LogP contribution in [0.2, 0.25) is 5.02 Å². The van der Waals surface area contributed by atoms with Gasteiger partial charge in [-0.2, -0.15) is 0 Å². The standard InChI is InChI=1S/C16H18ClNO3/c1-16-7-11(16)8-18(9-16)15(19)5-10-4-13-14(6-12(10)17)21-3-2-20-13/h4,6,11H,2-3,5,7-9H2,1H3. The van der Waals surface area contributed by atoms with Crippen LogP contribution in [-0.4, -0.2) is 37.1 Å². The van der Waals surface area contributed by atoms with E-state index in [1.54, 1.807) is 6.07 Å². The van der Waals surface area contributed by atoms with Crippen molar-refractivity contribution in [2.24, 2.45) is 11.3 Å². The Morgan fingerprint density at radius 2 is 2.10 bits per heavy atom. The Morgan fingerprint density at radius 3 is 2.76 bits per heavy atom. The molecule has 2 unspecified atom stereocenters. The van der Waals surface area contributed by atoms with Crippen molar-refractivity contribution in [3.05, 3.63) is 22.7 Å². The molecule has 4 nitrogen and oxygen atoms in total. The summed E-state index contributed by atoms with van der Waals surface area (Å²) in [5, 5.41) is 0.572. The number of piperidine rings is 1. The Labute approximate surface area is 129 Å². The molecule has 5 heteroatoms. The van der Waals surface area contributed by atoms with Gasteiger partial charge in [-0.25, -0.2) is 0 Å². The van der Waals surface area contributed by atoms with Gasteiger partial charge in [0.2, 0.25) is 5.91 Å². The van der Waals surface area contributed by atoms with Crippen molar-refractivity contribution in [1.82, 2.24) is 4.90 Å². The van der Waals surface area contributed by atoms with Crippen LogP contribution in [0.5, 0.6) is 11.5 Å². The van der Waals surface area contributed by atoms with E-state index in [9.17, 15) is 4.79 Å². The van der Waals surface area contributed by atoms with Gasteiger partial charge in [-0.05, 0) is 29.4 Å². The van der Waals surface area contributed by atoms with E-state index in [1.165, 1.54) is 6.42 Å². The maximum Gasteiger partial charge on any atom is 0.227 e. The molecule has 2 fully saturated rings. The second-order valence-electron chi connectivity index (χ2n) is 6.59. The first kappa shape index (κ1) is 13.3. The molecule has 1 amide bonds. The molecular weight excluding hydrogens is 290 g/mol. The molecule has 1 aromatic carbocycles. The maximum absolute atomic E-state index is 12.4. The Kier molecular flexibility index (Phi) is 2.86. The van der Waals surface area contributed by atoms with Crippen LogP contribution in [0, 0.1) is 11.3 Å². The zero-order chi connectivity index (χ0) is 14.6. The third kappa shape index (κ3) is 2.26. The van der Waals surface area contributed by atoms with Gasteiger partial charge in [-0.15, -0.1) is 0 Å². The molecule has 0 aromatic heterocycles. The number of nitrogens with zero attached hydrogens (tertiary/aromatic N) is 1. The number of benzene rings is 1. The summed E-state index contributed by atoms with van der Waals surface area (Å²) in [5.41, 5.74) is 1.20. The molecule has 1 saturated carbocycles. The summed E-state index contributed by atoms with van der Waals surface area (Å²) < 4.78 is 11.1. The summed E-state index contributed by atoms with van der Waals surface area (Å²) in [6.45, 7) is 5.13. The number of carbonyl (C=O) groups is 1. The lowest BCUT2D eigenvalue weighted by Gasteiger charge is -2.22. The van der Waals surface area contributed by atoms with Gasteiger partial charge in [0.05, 0.1) is 6.42 Å². The second-order valence-corrected chi connectivity index (χ2v) is 7.00. The summed E-state index contributed by atoms with van der Waals surface area (Å²) in [6.07, 6.45) is 1.60. The first-order valence-corrected chi connectivity index (χ1v) is 7.79. The van der Waals surface area contributed by atoms with Crippen LogP contribution < -0.4 is 9.47 Å². The van der Waals surface area contributed by atoms with Crippen LogP contribution in [-0.2, 0) is 11.2 Å². The number of likely N-dealkylation sites (tertiary alicyclic amines) is 1. The molecule has 112 valence electrons. The van der Waals surface area contributed by atoms with E-state index in [-0.39, 0.29) is 5.91 Å². The molecule has 2 heterocycles. The fraction of sp³-hybridized carbons (Fsp3) is 0.562. The van der Waals surface area contributed by atoms with Gasteiger partial charge in [-0.3, -0.25) is 4.79 Å². The number of hydrogen-bond donors (Lipinski definition) is 0. The first-order valence-electron chi connectivity index (χ1n) is 7.41. The van der Waals surface area contributed by atoms with Crippen LogP contribution >= 0.6 is 11.6 Å². The smallest absolute Gasteiger partial charge is 0.227 e. The SMILES string of the molecule is CC12CC1CN(C(=O)Cc1cc3c(cc1Cl)OCCO3)C2. The van der Waals surface area contributed by atoms with E-state index in [1.807, 2.05) is 11.0 Å². The highest BCUT2D eigenvalue weighted by atomic mass is 35.5. The Morgan fingerprint density at radius 1 is 1.38 bits per heavy atom. The molecule has 0 bridgehead atoms. The summed E-state index contributed by atoms with van der Waals surface area (Å²) in [6, 6.07) is 3.59. The Bertz CT molecular complexity index is 618. The number of hydrogen-bond acceptors (Lipinski definition) is 3. The van der Waals surface area contributed by atoms with Gasteiger partial charge in [0, 0.05) is 24.2 Å². The second kappa shape index (κ2) is 4.54. The number of rotatable bonds is 2. The Hall–Kier alpha value is -1.42. The quantitative estimate of drug-likeness (QED) is 0.843. The lowest BCUT2D eigenvalue weighted by Crippen LogP contribution is -2.32. The molecule has 3 aliphatic rings. The highest BCUT2D eigenvalue weighted by molar-refractivity contribution is 6.31. The molecule has 1 aromatic rings. The van der Waals surface area contributed by atoms with Crippen LogP contribution in [0.25, 0.3) is 0 Å². The zero-order valence-electron chi connectivity index (χ0n) is 12.0. The van der Waals surface area contributed by atoms with Gasteiger partial charge in [0.25, 0.3) is 0 Å². The predicted octanol–water partition coefficient (Wildman–Crippen LogP) is 2.52. The molecule has 0 spiro atoms. The summed E-state index contributed by atoms with van der Waals surface area (Å²) in [5.74, 6) is 2.21. The van der Waals surface area contributed by atoms with Crippen LogP contribution in [0.15, 0.2) is 12.1 Å². The summed E-state index contributed by atoms with van der Waals surface area (Å²) in [4.78, 5) is 14.4. The third-order valence-corrected chi connectivity index (χ3v) is 5.29.